The molecule has 1 aliphatic rings. The fourth-order valence-electron chi connectivity index (χ4n) is 3.45. The van der Waals surface area contributed by atoms with Crippen LogP contribution in [0.5, 0.6) is 11.6 Å². The van der Waals surface area contributed by atoms with Crippen LogP contribution in [0.1, 0.15) is 26.3 Å². The van der Waals surface area contributed by atoms with E-state index in [1.807, 2.05) is 28.9 Å². The summed E-state index contributed by atoms with van der Waals surface area (Å²) in [7, 11) is -0.687. The molecule has 3 heterocycles. The average molecular weight is 492 g/mol. The number of aromatic nitrogens is 4. The van der Waals surface area contributed by atoms with Crippen molar-refractivity contribution in [3.05, 3.63) is 40.5 Å². The van der Waals surface area contributed by atoms with Crippen molar-refractivity contribution < 1.29 is 8.95 Å². The lowest BCUT2D eigenvalue weighted by molar-refractivity contribution is 0.286. The molecule has 2 aromatic heterocycles. The Balaban J connectivity index is 1.57. The SMILES string of the molecule is CC(C)(C)Cn1nnc2c(Br)c(Oc3ncccc3CN3CCS(=O)CC3)ccc21. The van der Waals surface area contributed by atoms with Gasteiger partial charge in [0.1, 0.15) is 11.3 Å². The van der Waals surface area contributed by atoms with Gasteiger partial charge in [-0.05, 0) is 39.5 Å². The molecule has 30 heavy (non-hydrogen) atoms. The Labute approximate surface area is 187 Å². The van der Waals surface area contributed by atoms with Crippen LogP contribution in [0, 0.1) is 5.41 Å². The van der Waals surface area contributed by atoms with E-state index in [-0.39, 0.29) is 5.41 Å². The molecule has 1 aliphatic heterocycles. The topological polar surface area (TPSA) is 73.1 Å². The van der Waals surface area contributed by atoms with E-state index < -0.39 is 10.8 Å². The second-order valence-electron chi connectivity index (χ2n) is 8.75. The Morgan fingerprint density at radius 1 is 1.20 bits per heavy atom. The summed E-state index contributed by atoms with van der Waals surface area (Å²) < 4.78 is 20.5. The highest BCUT2D eigenvalue weighted by Gasteiger charge is 2.20. The molecule has 0 saturated carbocycles. The Morgan fingerprint density at radius 3 is 2.70 bits per heavy atom. The smallest absolute Gasteiger partial charge is 0.223 e. The number of halogens is 1. The van der Waals surface area contributed by atoms with Crippen molar-refractivity contribution in [2.45, 2.75) is 33.9 Å². The molecule has 1 saturated heterocycles. The molecular formula is C21H26BrN5O2S. The molecule has 0 atom stereocenters. The predicted octanol–water partition coefficient (Wildman–Crippen LogP) is 3.99. The molecule has 160 valence electrons. The van der Waals surface area contributed by atoms with Gasteiger partial charge in [-0.2, -0.15) is 0 Å². The maximum absolute atomic E-state index is 11.6. The van der Waals surface area contributed by atoms with E-state index in [1.165, 1.54) is 0 Å². The van der Waals surface area contributed by atoms with Gasteiger partial charge in [0.15, 0.2) is 0 Å². The quantitative estimate of drug-likeness (QED) is 0.537. The standard InChI is InChI=1S/C21H26BrN5O2S/c1-21(2,3)14-27-16-6-7-17(18(22)19(16)24-25-27)29-20-15(5-4-8-23-20)13-26-9-11-30(28)12-10-26/h4-8H,9-14H2,1-3H3. The lowest BCUT2D eigenvalue weighted by Crippen LogP contribution is -2.37. The molecule has 0 bridgehead atoms. The lowest BCUT2D eigenvalue weighted by atomic mass is 9.97. The fraction of sp³-hybridized carbons (Fsp3) is 0.476. The Kier molecular flexibility index (Phi) is 6.22. The lowest BCUT2D eigenvalue weighted by Gasteiger charge is -2.26. The van der Waals surface area contributed by atoms with Crippen molar-refractivity contribution in [3.8, 4) is 11.6 Å². The Hall–Kier alpha value is -1.84. The van der Waals surface area contributed by atoms with E-state index in [9.17, 15) is 4.21 Å². The van der Waals surface area contributed by atoms with E-state index in [0.717, 1.165) is 58.8 Å². The molecule has 0 radical (unpaired) electrons. The maximum atomic E-state index is 11.6. The van der Waals surface area contributed by atoms with Crippen LogP contribution in [0.2, 0.25) is 0 Å². The van der Waals surface area contributed by atoms with E-state index in [0.29, 0.717) is 11.6 Å². The largest absolute Gasteiger partial charge is 0.437 e. The molecule has 0 aliphatic carbocycles. The Morgan fingerprint density at radius 2 is 1.97 bits per heavy atom. The summed E-state index contributed by atoms with van der Waals surface area (Å²) in [6.45, 7) is 9.69. The number of nitrogens with zero attached hydrogens (tertiary/aromatic N) is 5. The maximum Gasteiger partial charge on any atom is 0.223 e. The highest BCUT2D eigenvalue weighted by Crippen LogP contribution is 2.36. The third-order valence-corrected chi connectivity index (χ3v) is 6.98. The number of hydrogen-bond donors (Lipinski definition) is 0. The minimum absolute atomic E-state index is 0.103. The van der Waals surface area contributed by atoms with Gasteiger partial charge in [-0.15, -0.1) is 5.10 Å². The van der Waals surface area contributed by atoms with Crippen LogP contribution in [0.3, 0.4) is 0 Å². The number of ether oxygens (including phenoxy) is 1. The van der Waals surface area contributed by atoms with Crippen LogP contribution in [-0.2, 0) is 23.9 Å². The normalized spacial score (nSPS) is 16.3. The second kappa shape index (κ2) is 8.72. The number of benzene rings is 1. The molecule has 0 amide bonds. The van der Waals surface area contributed by atoms with Gasteiger partial charge in [0, 0.05) is 60.2 Å². The molecule has 0 unspecified atom stereocenters. The van der Waals surface area contributed by atoms with E-state index >= 15 is 0 Å². The minimum Gasteiger partial charge on any atom is -0.437 e. The van der Waals surface area contributed by atoms with Gasteiger partial charge in [0.2, 0.25) is 5.88 Å². The molecule has 1 fully saturated rings. The summed E-state index contributed by atoms with van der Waals surface area (Å²) in [5.41, 5.74) is 2.85. The van der Waals surface area contributed by atoms with Gasteiger partial charge in [-0.3, -0.25) is 9.11 Å². The molecule has 3 aromatic rings. The average Bonchev–Trinajstić information content (AvgIpc) is 3.09. The number of hydrogen-bond acceptors (Lipinski definition) is 6. The first-order valence-electron chi connectivity index (χ1n) is 10.0. The zero-order valence-electron chi connectivity index (χ0n) is 17.5. The molecule has 0 N–H and O–H groups in total. The molecular weight excluding hydrogens is 466 g/mol. The van der Waals surface area contributed by atoms with Gasteiger partial charge in [-0.1, -0.05) is 32.1 Å². The molecule has 7 nitrogen and oxygen atoms in total. The van der Waals surface area contributed by atoms with Crippen LogP contribution in [0.25, 0.3) is 11.0 Å². The minimum atomic E-state index is -0.687. The summed E-state index contributed by atoms with van der Waals surface area (Å²) >= 11 is 3.65. The van der Waals surface area contributed by atoms with Crippen LogP contribution in [0.15, 0.2) is 34.9 Å². The van der Waals surface area contributed by atoms with E-state index in [4.69, 9.17) is 4.74 Å². The zero-order valence-corrected chi connectivity index (χ0v) is 19.9. The molecule has 4 rings (SSSR count). The summed E-state index contributed by atoms with van der Waals surface area (Å²) in [5.74, 6) is 2.68. The van der Waals surface area contributed by atoms with E-state index in [1.54, 1.807) is 6.20 Å². The molecule has 9 heteroatoms. The summed E-state index contributed by atoms with van der Waals surface area (Å²) in [6.07, 6.45) is 1.73. The number of pyridine rings is 1. The van der Waals surface area contributed by atoms with Crippen molar-refractivity contribution in [2.75, 3.05) is 24.6 Å². The fourth-order valence-corrected chi connectivity index (χ4v) is 5.07. The zero-order chi connectivity index (χ0) is 21.3. The van der Waals surface area contributed by atoms with Crippen molar-refractivity contribution >= 4 is 37.8 Å². The summed E-state index contributed by atoms with van der Waals surface area (Å²) in [6, 6.07) is 7.86. The van der Waals surface area contributed by atoms with Crippen LogP contribution in [0.4, 0.5) is 0 Å². The van der Waals surface area contributed by atoms with Gasteiger partial charge >= 0.3 is 0 Å². The summed E-state index contributed by atoms with van der Waals surface area (Å²) in [5, 5.41) is 8.68. The molecule has 1 aromatic carbocycles. The molecule has 0 spiro atoms. The van der Waals surface area contributed by atoms with Gasteiger partial charge in [0.25, 0.3) is 0 Å². The Bertz CT molecular complexity index is 1070. The number of fused-ring (bicyclic) bond motifs is 1. The van der Waals surface area contributed by atoms with E-state index in [2.05, 4.69) is 56.9 Å². The van der Waals surface area contributed by atoms with Crippen LogP contribution >= 0.6 is 15.9 Å². The van der Waals surface area contributed by atoms with Gasteiger partial charge in [-0.25, -0.2) is 9.67 Å². The first kappa shape index (κ1) is 21.4. The first-order chi connectivity index (χ1) is 14.3. The second-order valence-corrected chi connectivity index (χ2v) is 11.2. The highest BCUT2D eigenvalue weighted by molar-refractivity contribution is 9.10. The van der Waals surface area contributed by atoms with Crippen molar-refractivity contribution in [2.24, 2.45) is 5.41 Å². The number of rotatable bonds is 5. The van der Waals surface area contributed by atoms with Gasteiger partial charge in [0.05, 0.1) is 9.99 Å². The highest BCUT2D eigenvalue weighted by atomic mass is 79.9. The van der Waals surface area contributed by atoms with Crippen LogP contribution < -0.4 is 4.74 Å². The third kappa shape index (κ3) is 4.90. The van der Waals surface area contributed by atoms with Crippen molar-refractivity contribution in [1.82, 2.24) is 24.9 Å². The predicted molar refractivity (Wildman–Crippen MR) is 122 cm³/mol. The monoisotopic (exact) mass is 491 g/mol. The summed E-state index contributed by atoms with van der Waals surface area (Å²) in [4.78, 5) is 6.75. The van der Waals surface area contributed by atoms with Crippen molar-refractivity contribution in [3.63, 3.8) is 0 Å². The first-order valence-corrected chi connectivity index (χ1v) is 12.3. The third-order valence-electron chi connectivity index (χ3n) is 4.94. The van der Waals surface area contributed by atoms with Crippen molar-refractivity contribution in [1.29, 1.82) is 0 Å². The van der Waals surface area contributed by atoms with Gasteiger partial charge < -0.3 is 4.74 Å². The van der Waals surface area contributed by atoms with Crippen LogP contribution in [-0.4, -0.2) is 53.7 Å².